The fourth-order valence-corrected chi connectivity index (χ4v) is 4.99. The van der Waals surface area contributed by atoms with Crippen LogP contribution in [-0.4, -0.2) is 33.7 Å². The molecule has 1 aliphatic heterocycles. The number of benzene rings is 2. The van der Waals surface area contributed by atoms with E-state index in [1.165, 1.54) is 46.1 Å². The molecule has 2 aromatic heterocycles. The van der Waals surface area contributed by atoms with Crippen LogP contribution >= 0.6 is 0 Å². The molecule has 0 amide bonds. The fourth-order valence-electron chi connectivity index (χ4n) is 4.99. The molecule has 2 N–H and O–H groups in total. The van der Waals surface area contributed by atoms with Crippen LogP contribution in [0.25, 0.3) is 27.6 Å². The Morgan fingerprint density at radius 1 is 1.07 bits per heavy atom. The number of anilines is 1. The first-order valence-electron chi connectivity index (χ1n) is 10.9. The molecule has 0 saturated carbocycles. The van der Waals surface area contributed by atoms with Gasteiger partial charge in [-0.1, -0.05) is 35.9 Å². The first kappa shape index (κ1) is 19.1. The lowest BCUT2D eigenvalue weighted by atomic mass is 10.0. The highest BCUT2D eigenvalue weighted by Crippen LogP contribution is 2.36. The number of aryl methyl sites for hydroxylation is 4. The monoisotopic (exact) mass is 399 g/mol. The van der Waals surface area contributed by atoms with Crippen molar-refractivity contribution in [3.05, 3.63) is 58.9 Å². The number of nitrogens with zero attached hydrogens (tertiary/aromatic N) is 3. The van der Waals surface area contributed by atoms with Gasteiger partial charge in [0.2, 0.25) is 0 Å². The highest BCUT2D eigenvalue weighted by molar-refractivity contribution is 6.13. The maximum Gasteiger partial charge on any atom is 0.151 e. The number of hydrogen-bond donors (Lipinski definition) is 2. The summed E-state index contributed by atoms with van der Waals surface area (Å²) in [6.07, 6.45) is 2.46. The standard InChI is InChI=1S/C25H29N5/c1-15-12-16(2)23(17(3)13-15)30-21-10-6-5-9-20(21)22-24(28-18(4)29-25(22)30)27-14-19-8-7-11-26-19/h5-6,9-10,12-13,19,26H,7-8,11,14H2,1-4H3,(H,27,28,29)/t19-/m0/s1. The average molecular weight is 400 g/mol. The van der Waals surface area contributed by atoms with Crippen LogP contribution < -0.4 is 10.6 Å². The number of para-hydroxylation sites is 1. The van der Waals surface area contributed by atoms with Crippen molar-refractivity contribution >= 4 is 27.8 Å². The van der Waals surface area contributed by atoms with E-state index in [4.69, 9.17) is 9.97 Å². The molecule has 1 fully saturated rings. The average Bonchev–Trinajstić information content (AvgIpc) is 3.32. The van der Waals surface area contributed by atoms with E-state index in [-0.39, 0.29) is 0 Å². The van der Waals surface area contributed by atoms with Gasteiger partial charge in [-0.3, -0.25) is 4.57 Å². The normalized spacial score (nSPS) is 16.6. The maximum atomic E-state index is 4.93. The number of rotatable bonds is 4. The zero-order chi connectivity index (χ0) is 20.8. The zero-order valence-corrected chi connectivity index (χ0v) is 18.2. The second kappa shape index (κ2) is 7.40. The summed E-state index contributed by atoms with van der Waals surface area (Å²) in [6.45, 7) is 10.5. The molecule has 0 unspecified atom stereocenters. The smallest absolute Gasteiger partial charge is 0.151 e. The van der Waals surface area contributed by atoms with E-state index in [0.29, 0.717) is 6.04 Å². The van der Waals surface area contributed by atoms with Crippen molar-refractivity contribution in [1.82, 2.24) is 19.9 Å². The van der Waals surface area contributed by atoms with E-state index in [1.807, 2.05) is 6.92 Å². The second-order valence-electron chi connectivity index (χ2n) is 8.59. The summed E-state index contributed by atoms with van der Waals surface area (Å²) in [7, 11) is 0. The van der Waals surface area contributed by atoms with Crippen molar-refractivity contribution in [2.75, 3.05) is 18.4 Å². The summed E-state index contributed by atoms with van der Waals surface area (Å²) in [5.74, 6) is 1.72. The summed E-state index contributed by atoms with van der Waals surface area (Å²) < 4.78 is 2.32. The van der Waals surface area contributed by atoms with Gasteiger partial charge in [-0.15, -0.1) is 0 Å². The molecule has 5 heteroatoms. The first-order chi connectivity index (χ1) is 14.5. The summed E-state index contributed by atoms with van der Waals surface area (Å²) >= 11 is 0. The molecule has 1 saturated heterocycles. The molecule has 0 spiro atoms. The van der Waals surface area contributed by atoms with Crippen molar-refractivity contribution in [2.45, 2.75) is 46.6 Å². The van der Waals surface area contributed by atoms with Crippen molar-refractivity contribution in [2.24, 2.45) is 0 Å². The lowest BCUT2D eigenvalue weighted by molar-refractivity contribution is 0.632. The number of aromatic nitrogens is 3. The fraction of sp³-hybridized carbons (Fsp3) is 0.360. The Morgan fingerprint density at radius 2 is 1.83 bits per heavy atom. The van der Waals surface area contributed by atoms with Gasteiger partial charge >= 0.3 is 0 Å². The molecule has 1 atom stereocenters. The Bertz CT molecular complexity index is 1220. The van der Waals surface area contributed by atoms with Gasteiger partial charge in [-0.2, -0.15) is 0 Å². The van der Waals surface area contributed by atoms with E-state index in [1.54, 1.807) is 0 Å². The molecule has 154 valence electrons. The molecular formula is C25H29N5. The van der Waals surface area contributed by atoms with Crippen LogP contribution in [0.2, 0.25) is 0 Å². The summed E-state index contributed by atoms with van der Waals surface area (Å²) in [6, 6.07) is 13.6. The summed E-state index contributed by atoms with van der Waals surface area (Å²) in [5.41, 5.74) is 7.16. The second-order valence-corrected chi connectivity index (χ2v) is 8.59. The van der Waals surface area contributed by atoms with E-state index in [9.17, 15) is 0 Å². The van der Waals surface area contributed by atoms with Crippen LogP contribution in [-0.2, 0) is 0 Å². The van der Waals surface area contributed by atoms with Crippen molar-refractivity contribution < 1.29 is 0 Å². The first-order valence-corrected chi connectivity index (χ1v) is 10.9. The minimum Gasteiger partial charge on any atom is -0.368 e. The Labute approximate surface area is 177 Å². The van der Waals surface area contributed by atoms with Gasteiger partial charge in [0, 0.05) is 18.0 Å². The lowest BCUT2D eigenvalue weighted by Crippen LogP contribution is -2.29. The molecule has 4 aromatic rings. The van der Waals surface area contributed by atoms with Crippen molar-refractivity contribution in [3.63, 3.8) is 0 Å². The van der Waals surface area contributed by atoms with Crippen LogP contribution in [0, 0.1) is 27.7 Å². The highest BCUT2D eigenvalue weighted by atomic mass is 15.1. The van der Waals surface area contributed by atoms with Gasteiger partial charge in [0.05, 0.1) is 16.6 Å². The molecular weight excluding hydrogens is 370 g/mol. The van der Waals surface area contributed by atoms with Crippen LogP contribution in [0.3, 0.4) is 0 Å². The molecule has 30 heavy (non-hydrogen) atoms. The van der Waals surface area contributed by atoms with Crippen LogP contribution in [0.1, 0.15) is 35.4 Å². The maximum absolute atomic E-state index is 4.93. The largest absolute Gasteiger partial charge is 0.368 e. The van der Waals surface area contributed by atoms with Crippen molar-refractivity contribution in [3.8, 4) is 5.69 Å². The predicted octanol–water partition coefficient (Wildman–Crippen LogP) is 4.97. The van der Waals surface area contributed by atoms with Gasteiger partial charge in [-0.25, -0.2) is 9.97 Å². The lowest BCUT2D eigenvalue weighted by Gasteiger charge is -2.16. The van der Waals surface area contributed by atoms with Crippen molar-refractivity contribution in [1.29, 1.82) is 0 Å². The summed E-state index contributed by atoms with van der Waals surface area (Å²) in [4.78, 5) is 9.75. The highest BCUT2D eigenvalue weighted by Gasteiger charge is 2.21. The van der Waals surface area contributed by atoms with E-state index >= 15 is 0 Å². The predicted molar refractivity (Wildman–Crippen MR) is 125 cm³/mol. The SMILES string of the molecule is Cc1cc(C)c(-n2c3ccccc3c3c(NC[C@@H]4CCCN4)nc(C)nc32)c(C)c1. The van der Waals surface area contributed by atoms with Crippen LogP contribution in [0.5, 0.6) is 0 Å². The molecule has 3 heterocycles. The Kier molecular flexibility index (Phi) is 4.70. The Morgan fingerprint density at radius 3 is 2.57 bits per heavy atom. The van der Waals surface area contributed by atoms with Crippen LogP contribution in [0.15, 0.2) is 36.4 Å². The molecule has 5 rings (SSSR count). The third-order valence-corrected chi connectivity index (χ3v) is 6.17. The molecule has 0 bridgehead atoms. The number of fused-ring (bicyclic) bond motifs is 3. The zero-order valence-electron chi connectivity index (χ0n) is 18.2. The summed E-state index contributed by atoms with van der Waals surface area (Å²) in [5, 5.41) is 9.50. The van der Waals surface area contributed by atoms with Crippen LogP contribution in [0.4, 0.5) is 5.82 Å². The minimum atomic E-state index is 0.505. The molecule has 5 nitrogen and oxygen atoms in total. The Balaban J connectivity index is 1.77. The number of nitrogens with one attached hydrogen (secondary N) is 2. The van der Waals surface area contributed by atoms with Gasteiger partial charge in [-0.05, 0) is 64.3 Å². The molecule has 0 radical (unpaired) electrons. The Hall–Kier alpha value is -2.92. The van der Waals surface area contributed by atoms with Gasteiger partial charge in [0.15, 0.2) is 5.65 Å². The quantitative estimate of drug-likeness (QED) is 0.509. The topological polar surface area (TPSA) is 54.8 Å². The molecule has 1 aliphatic rings. The van der Waals surface area contributed by atoms with Gasteiger partial charge < -0.3 is 10.6 Å². The minimum absolute atomic E-state index is 0.505. The van der Waals surface area contributed by atoms with E-state index in [0.717, 1.165) is 35.8 Å². The molecule has 0 aliphatic carbocycles. The number of hydrogen-bond acceptors (Lipinski definition) is 4. The molecule has 2 aromatic carbocycles. The van der Waals surface area contributed by atoms with E-state index in [2.05, 4.69) is 72.4 Å². The van der Waals surface area contributed by atoms with E-state index < -0.39 is 0 Å². The third kappa shape index (κ3) is 3.14. The third-order valence-electron chi connectivity index (χ3n) is 6.17. The van der Waals surface area contributed by atoms with Gasteiger partial charge in [0.25, 0.3) is 0 Å². The van der Waals surface area contributed by atoms with Gasteiger partial charge in [0.1, 0.15) is 11.6 Å².